The zero-order valence-corrected chi connectivity index (χ0v) is 23.4. The number of amides is 2. The van der Waals surface area contributed by atoms with E-state index in [9.17, 15) is 31.2 Å². The summed E-state index contributed by atoms with van der Waals surface area (Å²) in [6.45, 7) is 7.53. The summed E-state index contributed by atoms with van der Waals surface area (Å²) in [5.74, 6) is -0.506. The van der Waals surface area contributed by atoms with E-state index in [1.54, 1.807) is 20.8 Å². The Bertz CT molecular complexity index is 1120. The normalized spacial score (nSPS) is 23.1. The summed E-state index contributed by atoms with van der Waals surface area (Å²) in [7, 11) is -2.60. The van der Waals surface area contributed by atoms with E-state index in [0.29, 0.717) is 25.3 Å². The second-order valence-electron chi connectivity index (χ2n) is 11.2. The smallest absolute Gasteiger partial charge is 0.416 e. The van der Waals surface area contributed by atoms with Gasteiger partial charge >= 0.3 is 12.3 Å². The Labute approximate surface area is 222 Å². The summed E-state index contributed by atoms with van der Waals surface area (Å²) in [6.07, 6.45) is -1.89. The molecule has 1 aliphatic carbocycles. The lowest BCUT2D eigenvalue weighted by molar-refractivity contribution is -0.137. The molecule has 2 amide bonds. The van der Waals surface area contributed by atoms with Crippen molar-refractivity contribution in [1.29, 1.82) is 0 Å². The first kappa shape index (κ1) is 30.2. The molecule has 1 aliphatic heterocycles. The molecule has 2 aliphatic rings. The van der Waals surface area contributed by atoms with E-state index in [1.165, 1.54) is 22.3 Å². The molecule has 38 heavy (non-hydrogen) atoms. The van der Waals surface area contributed by atoms with Gasteiger partial charge in [-0.25, -0.2) is 13.2 Å². The minimum atomic E-state index is -4.65. The van der Waals surface area contributed by atoms with E-state index in [0.717, 1.165) is 25.0 Å². The Kier molecular flexibility index (Phi) is 9.07. The average molecular weight is 562 g/mol. The summed E-state index contributed by atoms with van der Waals surface area (Å²) in [5.41, 5.74) is -1.73. The molecular formula is C26H38F3N3O5S. The number of nitrogens with zero attached hydrogens (tertiary/aromatic N) is 2. The molecule has 0 radical (unpaired) electrons. The molecule has 1 saturated carbocycles. The molecule has 0 aromatic heterocycles. The maximum absolute atomic E-state index is 13.3. The number of hydrogen-bond donors (Lipinski definition) is 1. The van der Waals surface area contributed by atoms with Crippen LogP contribution in [0.25, 0.3) is 0 Å². The van der Waals surface area contributed by atoms with Crippen LogP contribution in [-0.4, -0.2) is 67.4 Å². The molecule has 4 atom stereocenters. The highest BCUT2D eigenvalue weighted by atomic mass is 32.2. The fourth-order valence-electron chi connectivity index (χ4n) is 5.22. The van der Waals surface area contributed by atoms with Crippen LogP contribution in [0.15, 0.2) is 29.2 Å². The van der Waals surface area contributed by atoms with Gasteiger partial charge < -0.3 is 10.1 Å². The van der Waals surface area contributed by atoms with Crippen molar-refractivity contribution in [3.05, 3.63) is 29.8 Å². The van der Waals surface area contributed by atoms with Gasteiger partial charge in [0, 0.05) is 26.2 Å². The highest BCUT2D eigenvalue weighted by Crippen LogP contribution is 2.41. The van der Waals surface area contributed by atoms with E-state index in [1.807, 2.05) is 6.92 Å². The van der Waals surface area contributed by atoms with Crippen molar-refractivity contribution in [2.24, 2.45) is 11.8 Å². The number of ether oxygens (including phenoxy) is 1. The van der Waals surface area contributed by atoms with Crippen molar-refractivity contribution in [3.63, 3.8) is 0 Å². The highest BCUT2D eigenvalue weighted by Gasteiger charge is 2.47. The number of nitrogens with one attached hydrogen (secondary N) is 1. The van der Waals surface area contributed by atoms with Crippen LogP contribution in [0.2, 0.25) is 0 Å². The number of carbonyl (C=O) groups excluding carboxylic acids is 2. The number of benzene rings is 1. The van der Waals surface area contributed by atoms with Gasteiger partial charge in [0.2, 0.25) is 15.9 Å². The molecule has 3 rings (SSSR count). The Morgan fingerprint density at radius 3 is 2.47 bits per heavy atom. The number of unbranched alkanes of at least 4 members (excludes halogenated alkanes) is 1. The Balaban J connectivity index is 1.71. The van der Waals surface area contributed by atoms with Crippen LogP contribution in [-0.2, 0) is 25.7 Å². The quantitative estimate of drug-likeness (QED) is 0.499. The molecule has 1 aromatic rings. The van der Waals surface area contributed by atoms with Crippen LogP contribution in [0.1, 0.15) is 65.4 Å². The van der Waals surface area contributed by atoms with Crippen molar-refractivity contribution in [1.82, 2.24) is 14.5 Å². The molecule has 1 heterocycles. The molecule has 12 heteroatoms. The van der Waals surface area contributed by atoms with Crippen molar-refractivity contribution in [2.45, 2.75) is 88.6 Å². The number of rotatable bonds is 8. The first-order chi connectivity index (χ1) is 17.5. The fraction of sp³-hybridized carbons (Fsp3) is 0.692. The number of halogens is 3. The summed E-state index contributed by atoms with van der Waals surface area (Å²) in [5, 5.41) is 3.04. The minimum absolute atomic E-state index is 0.0152. The third-order valence-corrected chi connectivity index (χ3v) is 9.06. The van der Waals surface area contributed by atoms with Crippen LogP contribution in [0, 0.1) is 11.8 Å². The molecule has 1 saturated heterocycles. The standard InChI is InChI=1S/C26H38F3N3O5S/c1-6-7-11-22(31(5)24(34)37-25(2,3)4)23(33)30-21-13-12-17-15-32(16-20(17)21)38(35,36)19-10-8-9-18(14-19)26(27,28)29/h8-10,14,17,20-22H,6-7,11-13,15-16H2,1-5H3,(H,30,33)/t17-,20+,21+,22+/m1/s1. The Hall–Kier alpha value is -2.34. The van der Waals surface area contributed by atoms with Gasteiger partial charge in [-0.1, -0.05) is 25.8 Å². The number of carbonyl (C=O) groups is 2. The summed E-state index contributed by atoms with van der Waals surface area (Å²) in [6, 6.07) is 2.72. The predicted molar refractivity (Wildman–Crippen MR) is 136 cm³/mol. The van der Waals surface area contributed by atoms with Crippen molar-refractivity contribution < 1.29 is 35.9 Å². The minimum Gasteiger partial charge on any atom is -0.444 e. The number of alkyl halides is 3. The second-order valence-corrected chi connectivity index (χ2v) is 13.2. The largest absolute Gasteiger partial charge is 0.444 e. The number of sulfonamides is 1. The van der Waals surface area contributed by atoms with Gasteiger partial charge in [-0.05, 0) is 70.1 Å². The topological polar surface area (TPSA) is 96.0 Å². The van der Waals surface area contributed by atoms with E-state index >= 15 is 0 Å². The Morgan fingerprint density at radius 1 is 1.18 bits per heavy atom. The average Bonchev–Trinajstić information content (AvgIpc) is 3.40. The van der Waals surface area contributed by atoms with Gasteiger partial charge in [0.15, 0.2) is 0 Å². The van der Waals surface area contributed by atoms with Crippen molar-refractivity contribution in [3.8, 4) is 0 Å². The molecule has 214 valence electrons. The SMILES string of the molecule is CCCC[C@@H](C(=O)N[C@H]1CC[C@@H]2CN(S(=O)(=O)c3cccc(C(F)(F)F)c3)C[C@@H]21)N(C)C(=O)OC(C)(C)C. The maximum Gasteiger partial charge on any atom is 0.416 e. The van der Waals surface area contributed by atoms with Crippen molar-refractivity contribution >= 4 is 22.0 Å². The van der Waals surface area contributed by atoms with Gasteiger partial charge in [0.1, 0.15) is 11.6 Å². The molecule has 1 N–H and O–H groups in total. The monoisotopic (exact) mass is 561 g/mol. The zero-order chi connectivity index (χ0) is 28.5. The van der Waals surface area contributed by atoms with Gasteiger partial charge in [0.25, 0.3) is 0 Å². The predicted octanol–water partition coefficient (Wildman–Crippen LogP) is 4.65. The lowest BCUT2D eigenvalue weighted by Crippen LogP contribution is -2.52. The van der Waals surface area contributed by atoms with Crippen LogP contribution in [0.3, 0.4) is 0 Å². The summed E-state index contributed by atoms with van der Waals surface area (Å²) < 4.78 is 72.5. The molecular weight excluding hydrogens is 523 g/mol. The molecule has 0 unspecified atom stereocenters. The van der Waals surface area contributed by atoms with E-state index in [2.05, 4.69) is 5.32 Å². The van der Waals surface area contributed by atoms with Crippen molar-refractivity contribution in [2.75, 3.05) is 20.1 Å². The number of fused-ring (bicyclic) bond motifs is 1. The lowest BCUT2D eigenvalue weighted by atomic mass is 9.97. The first-order valence-electron chi connectivity index (χ1n) is 13.0. The third-order valence-electron chi connectivity index (χ3n) is 7.23. The van der Waals surface area contributed by atoms with E-state index in [4.69, 9.17) is 4.74 Å². The molecule has 1 aromatic carbocycles. The fourth-order valence-corrected chi connectivity index (χ4v) is 6.80. The van der Waals surface area contributed by atoms with Gasteiger partial charge in [-0.2, -0.15) is 17.5 Å². The third kappa shape index (κ3) is 6.99. The van der Waals surface area contributed by atoms with Crippen LogP contribution in [0.4, 0.5) is 18.0 Å². The lowest BCUT2D eigenvalue weighted by Gasteiger charge is -2.31. The van der Waals surface area contributed by atoms with Gasteiger partial charge in [-0.3, -0.25) is 9.69 Å². The second kappa shape index (κ2) is 11.4. The Morgan fingerprint density at radius 2 is 1.87 bits per heavy atom. The maximum atomic E-state index is 13.3. The van der Waals surface area contributed by atoms with E-state index < -0.39 is 44.4 Å². The zero-order valence-electron chi connectivity index (χ0n) is 22.5. The molecule has 2 fully saturated rings. The summed E-state index contributed by atoms with van der Waals surface area (Å²) in [4.78, 5) is 26.9. The molecule has 0 bridgehead atoms. The van der Waals surface area contributed by atoms with Crippen LogP contribution in [0.5, 0.6) is 0 Å². The van der Waals surface area contributed by atoms with Gasteiger partial charge in [0.05, 0.1) is 10.5 Å². The van der Waals surface area contributed by atoms with Crippen LogP contribution >= 0.6 is 0 Å². The van der Waals surface area contributed by atoms with E-state index in [-0.39, 0.29) is 36.9 Å². The number of hydrogen-bond acceptors (Lipinski definition) is 5. The highest BCUT2D eigenvalue weighted by molar-refractivity contribution is 7.89. The van der Waals surface area contributed by atoms with Crippen LogP contribution < -0.4 is 5.32 Å². The molecule has 0 spiro atoms. The molecule has 8 nitrogen and oxygen atoms in total. The number of likely N-dealkylation sites (N-methyl/N-ethyl adjacent to an activating group) is 1. The summed E-state index contributed by atoms with van der Waals surface area (Å²) >= 11 is 0. The van der Waals surface area contributed by atoms with Gasteiger partial charge in [-0.15, -0.1) is 0 Å². The first-order valence-corrected chi connectivity index (χ1v) is 14.4.